The number of amides is 2. The molecule has 1 fully saturated rings. The molecule has 1 saturated carbocycles. The molecule has 2 aromatic rings. The third-order valence-corrected chi connectivity index (χ3v) is 14.3. The maximum absolute atomic E-state index is 13.5. The summed E-state index contributed by atoms with van der Waals surface area (Å²) in [6, 6.07) is 11.3. The summed E-state index contributed by atoms with van der Waals surface area (Å²) in [5.74, 6) is -1.05. The Labute approximate surface area is 290 Å². The quantitative estimate of drug-likeness (QED) is 0.422. The fraction of sp³-hybridized carbons (Fsp3) is 0.622. The maximum Gasteiger partial charge on any atom is 0.264 e. The van der Waals surface area contributed by atoms with Gasteiger partial charge < -0.3 is 19.6 Å². The number of nitrogens with one attached hydrogen (secondary N) is 1. The molecule has 9 nitrogen and oxygen atoms in total. The van der Waals surface area contributed by atoms with E-state index in [1.807, 2.05) is 19.9 Å². The van der Waals surface area contributed by atoms with Gasteiger partial charge in [-0.05, 0) is 111 Å². The van der Waals surface area contributed by atoms with Crippen molar-refractivity contribution >= 4 is 39.1 Å². The lowest BCUT2D eigenvalue weighted by molar-refractivity contribution is -0.159. The first-order chi connectivity index (χ1) is 22.6. The number of sulfonamides is 1. The van der Waals surface area contributed by atoms with Gasteiger partial charge in [0.15, 0.2) is 0 Å². The van der Waals surface area contributed by atoms with Gasteiger partial charge >= 0.3 is 0 Å². The summed E-state index contributed by atoms with van der Waals surface area (Å²) < 4.78 is 35.8. The second-order valence-electron chi connectivity index (χ2n) is 15.2. The Morgan fingerprint density at radius 1 is 1.10 bits per heavy atom. The lowest BCUT2D eigenvalue weighted by atomic mass is 9.59. The molecule has 2 bridgehead atoms. The molecule has 2 aromatic carbocycles. The molecule has 0 unspecified atom stereocenters. The number of carbonyl (C=O) groups excluding carboxylic acids is 2. The van der Waals surface area contributed by atoms with Gasteiger partial charge in [-0.2, -0.15) is 0 Å². The van der Waals surface area contributed by atoms with E-state index in [1.54, 1.807) is 44.1 Å². The van der Waals surface area contributed by atoms with Gasteiger partial charge in [0.1, 0.15) is 5.75 Å². The molecule has 2 aliphatic carbocycles. The monoisotopic (exact) mass is 699 g/mol. The standard InChI is InChI=1S/C37H50ClN3O6S/c1-23-8-6-17-37(44,24(2)35(43)40(4)5)31-13-10-28(31)20-41-21-36(16-7-9-26-18-29(38)12-14-30(26)36)22-47-33-15-11-27(19-32(33)41)34(42)39-48(45,46)25(23)3/h11-12,14-15,18-19,23-25,28,31,44H,6-10,13,16-17,20-22H2,1-5H3,(H,39,42)/t23-,24+,25+,28-,31+,36-,37-/m0/s1. The Balaban J connectivity index is 1.45. The van der Waals surface area contributed by atoms with Crippen molar-refractivity contribution in [3.63, 3.8) is 0 Å². The zero-order chi connectivity index (χ0) is 34.6. The van der Waals surface area contributed by atoms with Crippen molar-refractivity contribution < 1.29 is 27.9 Å². The van der Waals surface area contributed by atoms with Gasteiger partial charge in [-0.1, -0.05) is 37.9 Å². The Kier molecular flexibility index (Phi) is 9.59. The van der Waals surface area contributed by atoms with Gasteiger partial charge in [0.2, 0.25) is 15.9 Å². The average molecular weight is 700 g/mol. The van der Waals surface area contributed by atoms with Crippen LogP contribution < -0.4 is 14.4 Å². The minimum atomic E-state index is -3.99. The van der Waals surface area contributed by atoms with Crippen molar-refractivity contribution in [3.8, 4) is 5.75 Å². The van der Waals surface area contributed by atoms with Crippen LogP contribution in [0.1, 0.15) is 87.2 Å². The van der Waals surface area contributed by atoms with Crippen LogP contribution in [0.3, 0.4) is 0 Å². The number of rotatable bonds is 2. The van der Waals surface area contributed by atoms with Gasteiger partial charge in [0.05, 0.1) is 29.1 Å². The Bertz CT molecular complexity index is 1680. The Morgan fingerprint density at radius 2 is 1.88 bits per heavy atom. The number of aryl methyl sites for hydroxylation is 1. The molecule has 0 radical (unpaired) electrons. The molecular weight excluding hydrogens is 650 g/mol. The number of aliphatic hydroxyl groups is 1. The zero-order valence-electron chi connectivity index (χ0n) is 28.8. The van der Waals surface area contributed by atoms with Gasteiger partial charge in [0.25, 0.3) is 5.91 Å². The number of anilines is 1. The van der Waals surface area contributed by atoms with E-state index in [2.05, 4.69) is 21.8 Å². The first kappa shape index (κ1) is 35.0. The fourth-order valence-corrected chi connectivity index (χ4v) is 10.3. The molecule has 1 spiro atoms. The topological polar surface area (TPSA) is 116 Å². The number of hydrogen-bond acceptors (Lipinski definition) is 7. The number of ether oxygens (including phenoxy) is 1. The second kappa shape index (κ2) is 13.1. The van der Waals surface area contributed by atoms with E-state index >= 15 is 0 Å². The van der Waals surface area contributed by atoms with Crippen molar-refractivity contribution in [2.75, 3.05) is 38.7 Å². The third kappa shape index (κ3) is 6.33. The van der Waals surface area contributed by atoms with E-state index in [-0.39, 0.29) is 34.6 Å². The highest BCUT2D eigenvalue weighted by Gasteiger charge is 2.53. The van der Waals surface area contributed by atoms with E-state index in [1.165, 1.54) is 11.1 Å². The first-order valence-electron chi connectivity index (χ1n) is 17.5. The summed E-state index contributed by atoms with van der Waals surface area (Å²) in [7, 11) is -0.550. The first-order valence-corrected chi connectivity index (χ1v) is 19.4. The summed E-state index contributed by atoms with van der Waals surface area (Å²) in [6.07, 6.45) is 6.04. The fourth-order valence-electron chi connectivity index (χ4n) is 8.84. The van der Waals surface area contributed by atoms with Crippen LogP contribution in [-0.2, 0) is 26.7 Å². The smallest absolute Gasteiger partial charge is 0.264 e. The highest BCUT2D eigenvalue weighted by atomic mass is 35.5. The lowest BCUT2D eigenvalue weighted by Crippen LogP contribution is -2.57. The second-order valence-corrected chi connectivity index (χ2v) is 17.7. The van der Waals surface area contributed by atoms with Gasteiger partial charge in [0, 0.05) is 43.2 Å². The summed E-state index contributed by atoms with van der Waals surface area (Å²) in [5, 5.41) is 12.5. The van der Waals surface area contributed by atoms with Crippen LogP contribution in [0.4, 0.5) is 5.69 Å². The SMILES string of the molecule is C[C@H](C(=O)N(C)C)[C@@]1(O)CCC[C@H](C)[C@@H](C)S(=O)(=O)NC(=O)c2ccc3c(c2)N(C[C@@H]2CC[C@H]21)C[C@@]1(CCCc2cc(Cl)ccc21)CO3. The van der Waals surface area contributed by atoms with Crippen LogP contribution in [-0.4, -0.2) is 74.9 Å². The van der Waals surface area contributed by atoms with Crippen LogP contribution in [0.2, 0.25) is 5.02 Å². The van der Waals surface area contributed by atoms with Crippen molar-refractivity contribution in [3.05, 3.63) is 58.1 Å². The van der Waals surface area contributed by atoms with E-state index in [0.29, 0.717) is 49.7 Å². The summed E-state index contributed by atoms with van der Waals surface area (Å²) >= 11 is 6.44. The minimum absolute atomic E-state index is 0.103. The summed E-state index contributed by atoms with van der Waals surface area (Å²) in [5.41, 5.74) is 1.83. The van der Waals surface area contributed by atoms with Gasteiger partial charge in [-0.15, -0.1) is 0 Å². The maximum atomic E-state index is 13.5. The van der Waals surface area contributed by atoms with Crippen LogP contribution in [0, 0.1) is 23.7 Å². The zero-order valence-corrected chi connectivity index (χ0v) is 30.4. The number of benzene rings is 2. The predicted molar refractivity (Wildman–Crippen MR) is 188 cm³/mol. The number of halogens is 1. The van der Waals surface area contributed by atoms with Gasteiger partial charge in [-0.25, -0.2) is 13.1 Å². The lowest BCUT2D eigenvalue weighted by Gasteiger charge is -2.52. The van der Waals surface area contributed by atoms with Crippen molar-refractivity contribution in [1.29, 1.82) is 0 Å². The van der Waals surface area contributed by atoms with Crippen molar-refractivity contribution in [2.24, 2.45) is 23.7 Å². The highest BCUT2D eigenvalue weighted by Crippen LogP contribution is 2.51. The van der Waals surface area contributed by atoms with Gasteiger partial charge in [-0.3, -0.25) is 9.59 Å². The van der Waals surface area contributed by atoms with Crippen LogP contribution in [0.5, 0.6) is 5.75 Å². The molecule has 2 amide bonds. The molecule has 2 aliphatic heterocycles. The number of nitrogens with zero attached hydrogens (tertiary/aromatic N) is 2. The molecule has 0 aromatic heterocycles. The van der Waals surface area contributed by atoms with Crippen LogP contribution >= 0.6 is 11.6 Å². The molecule has 6 rings (SSSR count). The third-order valence-electron chi connectivity index (χ3n) is 12.1. The van der Waals surface area contributed by atoms with E-state index in [9.17, 15) is 23.1 Å². The number of carbonyl (C=O) groups is 2. The van der Waals surface area contributed by atoms with Crippen LogP contribution in [0.25, 0.3) is 0 Å². The molecule has 4 aliphatic rings. The molecule has 262 valence electrons. The molecule has 2 N–H and O–H groups in total. The molecule has 48 heavy (non-hydrogen) atoms. The molecule has 2 heterocycles. The molecule has 11 heteroatoms. The molecule has 0 saturated heterocycles. The van der Waals surface area contributed by atoms with Crippen molar-refractivity contribution in [1.82, 2.24) is 9.62 Å². The number of fused-ring (bicyclic) bond motifs is 4. The molecular formula is C37H50ClN3O6S. The molecule has 7 atom stereocenters. The van der Waals surface area contributed by atoms with Crippen molar-refractivity contribution in [2.45, 2.75) is 88.4 Å². The number of hydrogen-bond donors (Lipinski definition) is 2. The average Bonchev–Trinajstić information content (AvgIpc) is 3.17. The van der Waals surface area contributed by atoms with E-state index in [4.69, 9.17) is 16.3 Å². The summed E-state index contributed by atoms with van der Waals surface area (Å²) in [4.78, 5) is 30.8. The van der Waals surface area contributed by atoms with E-state index in [0.717, 1.165) is 37.8 Å². The Morgan fingerprint density at radius 3 is 2.58 bits per heavy atom. The highest BCUT2D eigenvalue weighted by molar-refractivity contribution is 7.90. The predicted octanol–water partition coefficient (Wildman–Crippen LogP) is 5.56. The Hall–Kier alpha value is -2.82. The normalized spacial score (nSPS) is 32.4. The van der Waals surface area contributed by atoms with Crippen LogP contribution in [0.15, 0.2) is 36.4 Å². The minimum Gasteiger partial charge on any atom is -0.490 e. The van der Waals surface area contributed by atoms with E-state index < -0.39 is 32.7 Å². The summed E-state index contributed by atoms with van der Waals surface area (Å²) in [6.45, 7) is 7.00. The largest absolute Gasteiger partial charge is 0.490 e.